The van der Waals surface area contributed by atoms with Crippen molar-refractivity contribution in [2.75, 3.05) is 26.3 Å². The van der Waals surface area contributed by atoms with Crippen LogP contribution in [-0.2, 0) is 10.2 Å². The number of likely N-dealkylation sites (N-methyl/N-ethyl adjacent to an activating group) is 1. The van der Waals surface area contributed by atoms with Crippen LogP contribution in [0.5, 0.6) is 0 Å². The Bertz CT molecular complexity index is 344. The molecule has 2 rings (SSSR count). The monoisotopic (exact) mass is 297 g/mol. The van der Waals surface area contributed by atoms with Crippen LogP contribution in [0, 0.1) is 0 Å². The Morgan fingerprint density at radius 2 is 1.88 bits per heavy atom. The van der Waals surface area contributed by atoms with E-state index in [0.29, 0.717) is 0 Å². The van der Waals surface area contributed by atoms with Crippen LogP contribution in [0.4, 0.5) is 0 Å². The van der Waals surface area contributed by atoms with Gasteiger partial charge in [-0.05, 0) is 37.1 Å². The average molecular weight is 298 g/mol. The van der Waals surface area contributed by atoms with Crippen molar-refractivity contribution in [2.45, 2.75) is 25.2 Å². The van der Waals surface area contributed by atoms with Gasteiger partial charge in [0.05, 0.1) is 0 Å². The number of benzene rings is 1. The van der Waals surface area contributed by atoms with E-state index >= 15 is 0 Å². The van der Waals surface area contributed by atoms with Gasteiger partial charge in [0.15, 0.2) is 0 Å². The van der Waals surface area contributed by atoms with Gasteiger partial charge in [-0.1, -0.05) is 35.0 Å². The fourth-order valence-electron chi connectivity index (χ4n) is 2.50. The van der Waals surface area contributed by atoms with Gasteiger partial charge in [-0.25, -0.2) is 0 Å². The first-order valence-electron chi connectivity index (χ1n) is 6.31. The van der Waals surface area contributed by atoms with Gasteiger partial charge in [-0.2, -0.15) is 0 Å². The number of hydrogen-bond acceptors (Lipinski definition) is 2. The Labute approximate surface area is 112 Å². The first-order chi connectivity index (χ1) is 8.27. The molecule has 1 aliphatic rings. The Morgan fingerprint density at radius 3 is 2.47 bits per heavy atom. The molecule has 0 radical (unpaired) electrons. The zero-order valence-corrected chi connectivity index (χ0v) is 11.9. The lowest BCUT2D eigenvalue weighted by molar-refractivity contribution is 0.0501. The van der Waals surface area contributed by atoms with Crippen LogP contribution in [0.15, 0.2) is 28.7 Å². The number of hydrogen-bond donors (Lipinski definition) is 1. The summed E-state index contributed by atoms with van der Waals surface area (Å²) in [6.07, 6.45) is 2.23. The lowest BCUT2D eigenvalue weighted by Gasteiger charge is -2.38. The molecule has 1 aromatic carbocycles. The molecule has 2 nitrogen and oxygen atoms in total. The molecule has 0 aliphatic carbocycles. The van der Waals surface area contributed by atoms with Crippen LogP contribution >= 0.6 is 15.9 Å². The van der Waals surface area contributed by atoms with Gasteiger partial charge >= 0.3 is 0 Å². The van der Waals surface area contributed by atoms with Crippen molar-refractivity contribution in [1.82, 2.24) is 5.32 Å². The van der Waals surface area contributed by atoms with Crippen molar-refractivity contribution >= 4 is 15.9 Å². The molecule has 1 N–H and O–H groups in total. The molecule has 1 heterocycles. The highest BCUT2D eigenvalue weighted by Crippen LogP contribution is 2.34. The number of nitrogens with one attached hydrogen (secondary N) is 1. The van der Waals surface area contributed by atoms with Crippen LogP contribution < -0.4 is 5.32 Å². The summed E-state index contributed by atoms with van der Waals surface area (Å²) in [5.74, 6) is 0. The van der Waals surface area contributed by atoms with Gasteiger partial charge in [0, 0.05) is 29.6 Å². The minimum Gasteiger partial charge on any atom is -0.381 e. The third-order valence-corrected chi connectivity index (χ3v) is 4.15. The lowest BCUT2D eigenvalue weighted by Crippen LogP contribution is -2.42. The van der Waals surface area contributed by atoms with Gasteiger partial charge in [-0.15, -0.1) is 0 Å². The molecule has 1 aliphatic heterocycles. The highest BCUT2D eigenvalue weighted by atomic mass is 79.9. The summed E-state index contributed by atoms with van der Waals surface area (Å²) in [6.45, 7) is 5.99. The Morgan fingerprint density at radius 1 is 1.24 bits per heavy atom. The van der Waals surface area contributed by atoms with E-state index in [9.17, 15) is 0 Å². The van der Waals surface area contributed by atoms with E-state index in [1.165, 1.54) is 5.56 Å². The third kappa shape index (κ3) is 3.09. The third-order valence-electron chi connectivity index (χ3n) is 3.62. The fourth-order valence-corrected chi connectivity index (χ4v) is 2.76. The van der Waals surface area contributed by atoms with Crippen molar-refractivity contribution < 1.29 is 4.74 Å². The highest BCUT2D eigenvalue weighted by Gasteiger charge is 2.33. The lowest BCUT2D eigenvalue weighted by atomic mass is 9.74. The maximum atomic E-state index is 5.51. The van der Waals surface area contributed by atoms with E-state index in [4.69, 9.17) is 4.74 Å². The molecule has 0 atom stereocenters. The predicted octanol–water partition coefficient (Wildman–Crippen LogP) is 3.11. The molecular formula is C14H20BrNO. The average Bonchev–Trinajstić information content (AvgIpc) is 2.38. The maximum absolute atomic E-state index is 5.51. The quantitative estimate of drug-likeness (QED) is 0.922. The second-order valence-electron chi connectivity index (χ2n) is 4.68. The Balaban J connectivity index is 2.21. The molecule has 0 aromatic heterocycles. The summed E-state index contributed by atoms with van der Waals surface area (Å²) in [5, 5.41) is 3.50. The standard InChI is InChI=1S/C14H20BrNO/c1-2-16-11-14(7-9-17-10-8-14)12-3-5-13(15)6-4-12/h3-6,16H,2,7-11H2,1H3. The summed E-state index contributed by atoms with van der Waals surface area (Å²) < 4.78 is 6.66. The smallest absolute Gasteiger partial charge is 0.0475 e. The van der Waals surface area contributed by atoms with Crippen molar-refractivity contribution in [3.63, 3.8) is 0 Å². The van der Waals surface area contributed by atoms with E-state index < -0.39 is 0 Å². The summed E-state index contributed by atoms with van der Waals surface area (Å²) in [5.41, 5.74) is 1.69. The molecule has 0 saturated carbocycles. The first kappa shape index (κ1) is 13.1. The number of rotatable bonds is 4. The normalized spacial score (nSPS) is 19.2. The fraction of sp³-hybridized carbons (Fsp3) is 0.571. The van der Waals surface area contributed by atoms with Crippen molar-refractivity contribution in [1.29, 1.82) is 0 Å². The van der Waals surface area contributed by atoms with E-state index in [0.717, 1.165) is 43.6 Å². The summed E-state index contributed by atoms with van der Waals surface area (Å²) in [7, 11) is 0. The molecule has 1 aromatic rings. The van der Waals surface area contributed by atoms with E-state index in [1.807, 2.05) is 0 Å². The molecule has 0 spiro atoms. The second-order valence-corrected chi connectivity index (χ2v) is 5.60. The van der Waals surface area contributed by atoms with E-state index in [1.54, 1.807) is 0 Å². The zero-order chi connectivity index (χ0) is 12.1. The molecule has 17 heavy (non-hydrogen) atoms. The zero-order valence-electron chi connectivity index (χ0n) is 10.3. The van der Waals surface area contributed by atoms with Crippen LogP contribution in [0.1, 0.15) is 25.3 Å². The molecular weight excluding hydrogens is 278 g/mol. The largest absolute Gasteiger partial charge is 0.381 e. The molecule has 0 bridgehead atoms. The van der Waals surface area contributed by atoms with Crippen LogP contribution in [0.2, 0.25) is 0 Å². The van der Waals surface area contributed by atoms with Crippen LogP contribution in [-0.4, -0.2) is 26.3 Å². The van der Waals surface area contributed by atoms with Crippen LogP contribution in [0.25, 0.3) is 0 Å². The summed E-state index contributed by atoms with van der Waals surface area (Å²) in [6, 6.07) is 8.76. The van der Waals surface area contributed by atoms with Gasteiger partial charge in [0.25, 0.3) is 0 Å². The minimum atomic E-state index is 0.259. The summed E-state index contributed by atoms with van der Waals surface area (Å²) in [4.78, 5) is 0. The van der Waals surface area contributed by atoms with E-state index in [-0.39, 0.29) is 5.41 Å². The van der Waals surface area contributed by atoms with Gasteiger partial charge < -0.3 is 10.1 Å². The van der Waals surface area contributed by atoms with Crippen molar-refractivity contribution in [2.24, 2.45) is 0 Å². The van der Waals surface area contributed by atoms with Gasteiger partial charge in [-0.3, -0.25) is 0 Å². The van der Waals surface area contributed by atoms with Crippen molar-refractivity contribution in [3.8, 4) is 0 Å². The highest BCUT2D eigenvalue weighted by molar-refractivity contribution is 9.10. The Kier molecular flexibility index (Phi) is 4.60. The number of halogens is 1. The van der Waals surface area contributed by atoms with Gasteiger partial charge in [0.1, 0.15) is 0 Å². The first-order valence-corrected chi connectivity index (χ1v) is 7.11. The Hall–Kier alpha value is -0.380. The second kappa shape index (κ2) is 5.98. The molecule has 94 valence electrons. The van der Waals surface area contributed by atoms with Crippen LogP contribution in [0.3, 0.4) is 0 Å². The minimum absolute atomic E-state index is 0.259. The van der Waals surface area contributed by atoms with E-state index in [2.05, 4.69) is 52.4 Å². The van der Waals surface area contributed by atoms with Crippen molar-refractivity contribution in [3.05, 3.63) is 34.3 Å². The SMILES string of the molecule is CCNCC1(c2ccc(Br)cc2)CCOCC1. The molecule has 3 heteroatoms. The molecule has 1 fully saturated rings. The molecule has 0 amide bonds. The summed E-state index contributed by atoms with van der Waals surface area (Å²) >= 11 is 3.50. The topological polar surface area (TPSA) is 21.3 Å². The molecule has 1 saturated heterocycles. The number of ether oxygens (including phenoxy) is 1. The predicted molar refractivity (Wildman–Crippen MR) is 74.4 cm³/mol. The molecule has 0 unspecified atom stereocenters. The van der Waals surface area contributed by atoms with Gasteiger partial charge in [0.2, 0.25) is 0 Å². The maximum Gasteiger partial charge on any atom is 0.0475 e.